The van der Waals surface area contributed by atoms with E-state index in [1.807, 2.05) is 0 Å². The van der Waals surface area contributed by atoms with E-state index in [9.17, 15) is 26.7 Å². The van der Waals surface area contributed by atoms with Crippen molar-refractivity contribution in [1.82, 2.24) is 4.98 Å². The molecular weight excluding hydrogens is 237 g/mol. The standard InChI is InChI=1S/C8H4F5NO2/c1-16-7(15)5-3(8(11,12)13)2-4(9)14-6(5)10/h2H,1H3. The van der Waals surface area contributed by atoms with Crippen molar-refractivity contribution >= 4 is 5.97 Å². The van der Waals surface area contributed by atoms with E-state index >= 15 is 0 Å². The molecule has 0 amide bonds. The average Bonchev–Trinajstić information content (AvgIpc) is 2.14. The molecule has 1 rings (SSSR count). The van der Waals surface area contributed by atoms with Gasteiger partial charge in [0.05, 0.1) is 12.7 Å². The summed E-state index contributed by atoms with van der Waals surface area (Å²) in [5, 5.41) is 0. The third-order valence-electron chi connectivity index (χ3n) is 1.64. The first-order valence-electron chi connectivity index (χ1n) is 3.79. The van der Waals surface area contributed by atoms with E-state index < -0.39 is 35.2 Å². The van der Waals surface area contributed by atoms with Gasteiger partial charge < -0.3 is 4.74 Å². The number of hydrogen-bond donors (Lipinski definition) is 0. The van der Waals surface area contributed by atoms with Gasteiger partial charge in [0.1, 0.15) is 5.56 Å². The lowest BCUT2D eigenvalue weighted by atomic mass is 10.1. The summed E-state index contributed by atoms with van der Waals surface area (Å²) in [6, 6.07) is -0.0741. The van der Waals surface area contributed by atoms with Crippen molar-refractivity contribution in [1.29, 1.82) is 0 Å². The van der Waals surface area contributed by atoms with Crippen molar-refractivity contribution in [2.24, 2.45) is 0 Å². The molecule has 0 saturated heterocycles. The van der Waals surface area contributed by atoms with Crippen molar-refractivity contribution in [3.63, 3.8) is 0 Å². The van der Waals surface area contributed by atoms with Crippen LogP contribution in [0.2, 0.25) is 0 Å². The van der Waals surface area contributed by atoms with E-state index in [0.717, 1.165) is 7.11 Å². The van der Waals surface area contributed by atoms with Crippen molar-refractivity contribution in [3.05, 3.63) is 29.1 Å². The monoisotopic (exact) mass is 241 g/mol. The van der Waals surface area contributed by atoms with Crippen LogP contribution in [0, 0.1) is 11.9 Å². The SMILES string of the molecule is COC(=O)c1c(C(F)(F)F)cc(F)nc1F. The fourth-order valence-electron chi connectivity index (χ4n) is 1.00. The zero-order chi connectivity index (χ0) is 12.5. The summed E-state index contributed by atoms with van der Waals surface area (Å²) in [7, 11) is 0.769. The third kappa shape index (κ3) is 2.26. The van der Waals surface area contributed by atoms with Gasteiger partial charge in [-0.2, -0.15) is 26.9 Å². The number of methoxy groups -OCH3 is 1. The minimum absolute atomic E-state index is 0.0741. The van der Waals surface area contributed by atoms with Crippen LogP contribution in [-0.2, 0) is 10.9 Å². The molecule has 0 aliphatic carbocycles. The van der Waals surface area contributed by atoms with Crippen LogP contribution in [0.15, 0.2) is 6.07 Å². The van der Waals surface area contributed by atoms with Gasteiger partial charge in [-0.05, 0) is 0 Å². The van der Waals surface area contributed by atoms with E-state index in [4.69, 9.17) is 0 Å². The minimum atomic E-state index is -5.08. The zero-order valence-electron chi connectivity index (χ0n) is 7.73. The first-order chi connectivity index (χ1) is 7.27. The maximum Gasteiger partial charge on any atom is 0.417 e. The highest BCUT2D eigenvalue weighted by Crippen LogP contribution is 2.33. The predicted molar refractivity (Wildman–Crippen MR) is 40.5 cm³/mol. The number of alkyl halides is 3. The molecule has 0 aliphatic heterocycles. The second-order valence-corrected chi connectivity index (χ2v) is 2.65. The van der Waals surface area contributed by atoms with Gasteiger partial charge in [0.15, 0.2) is 0 Å². The van der Waals surface area contributed by atoms with Gasteiger partial charge in [0.2, 0.25) is 11.9 Å². The van der Waals surface area contributed by atoms with Crippen LogP contribution >= 0.6 is 0 Å². The Kier molecular flexibility index (Phi) is 3.11. The highest BCUT2D eigenvalue weighted by Gasteiger charge is 2.38. The Morgan fingerprint density at radius 1 is 1.38 bits per heavy atom. The largest absolute Gasteiger partial charge is 0.465 e. The van der Waals surface area contributed by atoms with Gasteiger partial charge in [0.25, 0.3) is 0 Å². The minimum Gasteiger partial charge on any atom is -0.465 e. The molecule has 0 radical (unpaired) electrons. The van der Waals surface area contributed by atoms with Crippen LogP contribution in [0.1, 0.15) is 15.9 Å². The second kappa shape index (κ2) is 4.03. The fraction of sp³-hybridized carbons (Fsp3) is 0.250. The molecule has 16 heavy (non-hydrogen) atoms. The number of halogens is 5. The van der Waals surface area contributed by atoms with Gasteiger partial charge >= 0.3 is 12.1 Å². The van der Waals surface area contributed by atoms with Gasteiger partial charge in [-0.1, -0.05) is 0 Å². The quantitative estimate of drug-likeness (QED) is 0.429. The molecule has 0 saturated carbocycles. The molecule has 8 heteroatoms. The summed E-state index contributed by atoms with van der Waals surface area (Å²) in [6.07, 6.45) is -5.08. The fourth-order valence-corrected chi connectivity index (χ4v) is 1.00. The second-order valence-electron chi connectivity index (χ2n) is 2.65. The van der Waals surface area contributed by atoms with Crippen LogP contribution in [0.4, 0.5) is 22.0 Å². The molecule has 0 bridgehead atoms. The van der Waals surface area contributed by atoms with E-state index in [1.54, 1.807) is 0 Å². The van der Waals surface area contributed by atoms with E-state index in [2.05, 4.69) is 9.72 Å². The van der Waals surface area contributed by atoms with E-state index in [-0.39, 0.29) is 6.07 Å². The Bertz CT molecular complexity index is 429. The van der Waals surface area contributed by atoms with Crippen LogP contribution in [0.5, 0.6) is 0 Å². The summed E-state index contributed by atoms with van der Waals surface area (Å²) in [4.78, 5) is 13.4. The molecule has 0 spiro atoms. The van der Waals surface area contributed by atoms with Gasteiger partial charge in [-0.25, -0.2) is 4.79 Å². The maximum absolute atomic E-state index is 12.9. The Morgan fingerprint density at radius 2 is 1.94 bits per heavy atom. The molecule has 0 unspecified atom stereocenters. The van der Waals surface area contributed by atoms with Gasteiger partial charge in [0, 0.05) is 6.07 Å². The number of carbonyl (C=O) groups excluding carboxylic acids is 1. The Balaban J connectivity index is 3.51. The third-order valence-corrected chi connectivity index (χ3v) is 1.64. The van der Waals surface area contributed by atoms with Gasteiger partial charge in [-0.15, -0.1) is 0 Å². The number of rotatable bonds is 1. The van der Waals surface area contributed by atoms with Crippen molar-refractivity contribution in [2.75, 3.05) is 7.11 Å². The highest BCUT2D eigenvalue weighted by atomic mass is 19.4. The number of hydrogen-bond acceptors (Lipinski definition) is 3. The zero-order valence-corrected chi connectivity index (χ0v) is 7.73. The van der Waals surface area contributed by atoms with E-state index in [0.29, 0.717) is 0 Å². The summed E-state index contributed by atoms with van der Waals surface area (Å²) in [6.45, 7) is 0. The van der Waals surface area contributed by atoms with Crippen LogP contribution < -0.4 is 0 Å². The summed E-state index contributed by atoms with van der Waals surface area (Å²) >= 11 is 0. The number of aromatic nitrogens is 1. The first kappa shape index (κ1) is 12.3. The molecule has 0 N–H and O–H groups in total. The summed E-state index contributed by atoms with van der Waals surface area (Å²) in [5.41, 5.74) is -3.19. The molecule has 0 atom stereocenters. The summed E-state index contributed by atoms with van der Waals surface area (Å²) < 4.78 is 66.4. The molecule has 1 aromatic heterocycles. The van der Waals surface area contributed by atoms with Crippen LogP contribution in [0.3, 0.4) is 0 Å². The van der Waals surface area contributed by atoms with Crippen molar-refractivity contribution in [3.8, 4) is 0 Å². The topological polar surface area (TPSA) is 39.2 Å². The number of carbonyl (C=O) groups is 1. The molecule has 3 nitrogen and oxygen atoms in total. The Morgan fingerprint density at radius 3 is 2.38 bits per heavy atom. The van der Waals surface area contributed by atoms with Crippen LogP contribution in [-0.4, -0.2) is 18.1 Å². The lowest BCUT2D eigenvalue weighted by molar-refractivity contribution is -0.138. The smallest absolute Gasteiger partial charge is 0.417 e. The number of nitrogens with zero attached hydrogens (tertiary/aromatic N) is 1. The lowest BCUT2D eigenvalue weighted by Crippen LogP contribution is -2.18. The molecular formula is C8H4F5NO2. The van der Waals surface area contributed by atoms with Crippen molar-refractivity contribution < 1.29 is 31.5 Å². The van der Waals surface area contributed by atoms with Crippen molar-refractivity contribution in [2.45, 2.75) is 6.18 Å². The molecule has 1 heterocycles. The lowest BCUT2D eigenvalue weighted by Gasteiger charge is -2.11. The molecule has 0 fully saturated rings. The number of ether oxygens (including phenoxy) is 1. The normalized spacial score (nSPS) is 11.4. The summed E-state index contributed by atoms with van der Waals surface area (Å²) in [5.74, 6) is -5.10. The number of pyridine rings is 1. The molecule has 0 aliphatic rings. The molecule has 0 aromatic carbocycles. The molecule has 1 aromatic rings. The predicted octanol–water partition coefficient (Wildman–Crippen LogP) is 2.17. The Hall–Kier alpha value is -1.73. The Labute approximate surface area is 85.8 Å². The maximum atomic E-state index is 12.9. The average molecular weight is 241 g/mol. The first-order valence-corrected chi connectivity index (χ1v) is 3.79. The van der Waals surface area contributed by atoms with E-state index in [1.165, 1.54) is 0 Å². The molecule has 88 valence electrons. The van der Waals surface area contributed by atoms with Gasteiger partial charge in [-0.3, -0.25) is 0 Å². The highest BCUT2D eigenvalue weighted by molar-refractivity contribution is 5.91. The number of esters is 1. The van der Waals surface area contributed by atoms with Crippen LogP contribution in [0.25, 0.3) is 0 Å².